The number of fused-ring (bicyclic) bond motifs is 2. The van der Waals surface area contributed by atoms with Crippen LogP contribution in [0.3, 0.4) is 0 Å². The second kappa shape index (κ2) is 9.37. The standard InChI is InChI=1S/C26H28F6N2O2/c1-3-18-12-17(13-33-14-21-9-10-22(15-33)34(21)16(2)35)4-11-23(18)19-5-7-20(8-6-19)24(36,25(27,28)29)26(30,31)32/h4-8,11-12,21-22,36H,3,9-10,13-15H2,1-2H3. The molecular formula is C26H28F6N2O2. The molecule has 2 heterocycles. The fraction of sp³-hybridized carbons (Fsp3) is 0.500. The van der Waals surface area contributed by atoms with E-state index >= 15 is 0 Å². The highest BCUT2D eigenvalue weighted by molar-refractivity contribution is 5.74. The van der Waals surface area contributed by atoms with E-state index in [1.165, 1.54) is 12.1 Å². The third-order valence-corrected chi connectivity index (χ3v) is 7.31. The first-order chi connectivity index (χ1) is 16.8. The molecule has 4 rings (SSSR count). The van der Waals surface area contributed by atoms with Gasteiger partial charge in [-0.3, -0.25) is 9.69 Å². The van der Waals surface area contributed by atoms with Crippen molar-refractivity contribution in [2.45, 2.75) is 69.7 Å². The van der Waals surface area contributed by atoms with Crippen LogP contribution in [-0.4, -0.2) is 58.3 Å². The number of piperazine rings is 1. The zero-order chi connectivity index (χ0) is 26.5. The minimum atomic E-state index is -5.92. The molecule has 0 saturated carbocycles. The number of hydrogen-bond acceptors (Lipinski definition) is 3. The first-order valence-corrected chi connectivity index (χ1v) is 11.9. The molecule has 0 spiro atoms. The highest BCUT2D eigenvalue weighted by Gasteiger charge is 2.71. The van der Waals surface area contributed by atoms with Crippen molar-refractivity contribution in [2.24, 2.45) is 0 Å². The van der Waals surface area contributed by atoms with Gasteiger partial charge in [-0.15, -0.1) is 0 Å². The van der Waals surface area contributed by atoms with Crippen molar-refractivity contribution in [3.8, 4) is 11.1 Å². The first kappa shape index (κ1) is 26.5. The van der Waals surface area contributed by atoms with Gasteiger partial charge in [0.15, 0.2) is 0 Å². The molecule has 10 heteroatoms. The van der Waals surface area contributed by atoms with Crippen LogP contribution >= 0.6 is 0 Å². The van der Waals surface area contributed by atoms with Gasteiger partial charge in [-0.1, -0.05) is 49.4 Å². The lowest BCUT2D eigenvalue weighted by Gasteiger charge is -2.40. The van der Waals surface area contributed by atoms with Gasteiger partial charge >= 0.3 is 12.4 Å². The Kier molecular flexibility index (Phi) is 6.89. The van der Waals surface area contributed by atoms with Gasteiger partial charge < -0.3 is 10.0 Å². The number of aryl methyl sites for hydroxylation is 1. The molecule has 2 aliphatic rings. The second-order valence-electron chi connectivity index (χ2n) is 9.63. The van der Waals surface area contributed by atoms with Crippen LogP contribution in [0.1, 0.15) is 43.4 Å². The monoisotopic (exact) mass is 514 g/mol. The predicted molar refractivity (Wildman–Crippen MR) is 122 cm³/mol. The van der Waals surface area contributed by atoms with E-state index in [1.54, 1.807) is 6.92 Å². The Labute approximate surface area is 205 Å². The average Bonchev–Trinajstić information content (AvgIpc) is 3.08. The van der Waals surface area contributed by atoms with Crippen LogP contribution in [0, 0.1) is 0 Å². The predicted octanol–water partition coefficient (Wildman–Crippen LogP) is 5.42. The van der Waals surface area contributed by atoms with Crippen LogP contribution < -0.4 is 0 Å². The van der Waals surface area contributed by atoms with Crippen molar-refractivity contribution in [3.63, 3.8) is 0 Å². The van der Waals surface area contributed by atoms with Crippen molar-refractivity contribution < 1.29 is 36.2 Å². The summed E-state index contributed by atoms with van der Waals surface area (Å²) in [4.78, 5) is 16.2. The van der Waals surface area contributed by atoms with E-state index in [2.05, 4.69) is 4.90 Å². The average molecular weight is 515 g/mol. The normalized spacial score (nSPS) is 21.2. The molecule has 0 aliphatic carbocycles. The third kappa shape index (κ3) is 4.61. The highest BCUT2D eigenvalue weighted by atomic mass is 19.4. The molecule has 4 nitrogen and oxygen atoms in total. The van der Waals surface area contributed by atoms with E-state index in [1.807, 2.05) is 30.0 Å². The van der Waals surface area contributed by atoms with Crippen molar-refractivity contribution >= 4 is 5.91 Å². The summed E-state index contributed by atoms with van der Waals surface area (Å²) in [7, 11) is 0. The molecule has 0 aromatic heterocycles. The summed E-state index contributed by atoms with van der Waals surface area (Å²) in [5.74, 6) is 0.106. The maximum Gasteiger partial charge on any atom is 0.430 e. The Bertz CT molecular complexity index is 1080. The molecular weight excluding hydrogens is 486 g/mol. The van der Waals surface area contributed by atoms with Gasteiger partial charge in [-0.05, 0) is 41.5 Å². The van der Waals surface area contributed by atoms with Crippen molar-refractivity contribution in [1.29, 1.82) is 0 Å². The maximum atomic E-state index is 13.2. The summed E-state index contributed by atoms with van der Waals surface area (Å²) < 4.78 is 79.1. The van der Waals surface area contributed by atoms with E-state index in [0.29, 0.717) is 36.2 Å². The van der Waals surface area contributed by atoms with Crippen LogP contribution in [0.15, 0.2) is 42.5 Å². The number of alkyl halides is 6. The summed E-state index contributed by atoms with van der Waals surface area (Å²) in [6.07, 6.45) is -9.23. The van der Waals surface area contributed by atoms with Crippen LogP contribution in [0.25, 0.3) is 11.1 Å². The summed E-state index contributed by atoms with van der Waals surface area (Å²) in [5, 5.41) is 9.62. The minimum absolute atomic E-state index is 0.106. The van der Waals surface area contributed by atoms with Gasteiger partial charge in [0.25, 0.3) is 5.60 Å². The van der Waals surface area contributed by atoms with Gasteiger partial charge in [0.2, 0.25) is 5.91 Å². The molecule has 2 aliphatic heterocycles. The summed E-state index contributed by atoms with van der Waals surface area (Å²) in [5.41, 5.74) is -3.10. The summed E-state index contributed by atoms with van der Waals surface area (Å²) in [6.45, 7) is 5.81. The van der Waals surface area contributed by atoms with Crippen LogP contribution in [0.4, 0.5) is 26.3 Å². The molecule has 2 aromatic rings. The zero-order valence-electron chi connectivity index (χ0n) is 20.0. The summed E-state index contributed by atoms with van der Waals surface area (Å²) >= 11 is 0. The SMILES string of the molecule is CCc1cc(CN2CC3CCC(C2)N3C(C)=O)ccc1-c1ccc(C(O)(C(F)(F)F)C(F)(F)F)cc1. The fourth-order valence-corrected chi connectivity index (χ4v) is 5.59. The number of carbonyl (C=O) groups is 1. The second-order valence-corrected chi connectivity index (χ2v) is 9.63. The highest BCUT2D eigenvalue weighted by Crippen LogP contribution is 2.50. The molecule has 2 bridgehead atoms. The van der Waals surface area contributed by atoms with E-state index in [0.717, 1.165) is 37.1 Å². The molecule has 2 saturated heterocycles. The number of hydrogen-bond donors (Lipinski definition) is 1. The maximum absolute atomic E-state index is 13.2. The number of aliphatic hydroxyl groups is 1. The lowest BCUT2D eigenvalue weighted by molar-refractivity contribution is -0.376. The number of likely N-dealkylation sites (tertiary alicyclic amines) is 1. The number of carbonyl (C=O) groups excluding carboxylic acids is 1. The van der Waals surface area contributed by atoms with Gasteiger partial charge in [-0.25, -0.2) is 0 Å². The lowest BCUT2D eigenvalue weighted by atomic mass is 9.89. The Hall–Kier alpha value is -2.59. The minimum Gasteiger partial charge on any atom is -0.369 e. The Morgan fingerprint density at radius 1 is 0.944 bits per heavy atom. The Morgan fingerprint density at radius 2 is 1.50 bits per heavy atom. The van der Waals surface area contributed by atoms with Crippen molar-refractivity contribution in [3.05, 3.63) is 59.2 Å². The largest absolute Gasteiger partial charge is 0.430 e. The van der Waals surface area contributed by atoms with Crippen molar-refractivity contribution in [1.82, 2.24) is 9.80 Å². The third-order valence-electron chi connectivity index (χ3n) is 7.31. The molecule has 36 heavy (non-hydrogen) atoms. The number of rotatable bonds is 5. The first-order valence-electron chi connectivity index (χ1n) is 11.9. The van der Waals surface area contributed by atoms with Crippen LogP contribution in [-0.2, 0) is 23.4 Å². The quantitative estimate of drug-likeness (QED) is 0.542. The lowest BCUT2D eigenvalue weighted by Crippen LogP contribution is -2.54. The molecule has 0 radical (unpaired) electrons. The topological polar surface area (TPSA) is 43.8 Å². The van der Waals surface area contributed by atoms with Gasteiger partial charge in [0.05, 0.1) is 0 Å². The summed E-state index contributed by atoms with van der Waals surface area (Å²) in [6, 6.07) is 9.86. The molecule has 2 aromatic carbocycles. The van der Waals surface area contributed by atoms with E-state index in [-0.39, 0.29) is 18.0 Å². The van der Waals surface area contributed by atoms with E-state index in [4.69, 9.17) is 0 Å². The number of amides is 1. The Morgan fingerprint density at radius 3 is 1.97 bits per heavy atom. The van der Waals surface area contributed by atoms with E-state index < -0.39 is 23.5 Å². The molecule has 196 valence electrons. The van der Waals surface area contributed by atoms with Crippen LogP contribution in [0.5, 0.6) is 0 Å². The van der Waals surface area contributed by atoms with Gasteiger partial charge in [0.1, 0.15) is 0 Å². The molecule has 1 amide bonds. The van der Waals surface area contributed by atoms with Crippen LogP contribution in [0.2, 0.25) is 0 Å². The number of halogens is 6. The fourth-order valence-electron chi connectivity index (χ4n) is 5.59. The number of nitrogens with zero attached hydrogens (tertiary/aromatic N) is 2. The molecule has 2 unspecified atom stereocenters. The van der Waals surface area contributed by atoms with Gasteiger partial charge in [0, 0.05) is 44.2 Å². The molecule has 2 atom stereocenters. The molecule has 1 N–H and O–H groups in total. The number of benzene rings is 2. The van der Waals surface area contributed by atoms with Gasteiger partial charge in [-0.2, -0.15) is 26.3 Å². The van der Waals surface area contributed by atoms with E-state index in [9.17, 15) is 36.2 Å². The molecule has 2 fully saturated rings. The van der Waals surface area contributed by atoms with Crippen molar-refractivity contribution in [2.75, 3.05) is 13.1 Å². The Balaban J connectivity index is 1.55. The zero-order valence-corrected chi connectivity index (χ0v) is 20.0. The smallest absolute Gasteiger partial charge is 0.369 e.